The molecule has 4 nitrogen and oxygen atoms in total. The molecule has 1 heterocycles. The molecule has 0 radical (unpaired) electrons. The van der Waals surface area contributed by atoms with Gasteiger partial charge in [-0.3, -0.25) is 4.79 Å². The summed E-state index contributed by atoms with van der Waals surface area (Å²) < 4.78 is 0. The van der Waals surface area contributed by atoms with Gasteiger partial charge in [0.2, 0.25) is 0 Å². The molecule has 0 fully saturated rings. The van der Waals surface area contributed by atoms with Crippen molar-refractivity contribution in [3.8, 4) is 5.75 Å². The monoisotopic (exact) mass is 406 g/mol. The number of benzene rings is 4. The highest BCUT2D eigenvalue weighted by Crippen LogP contribution is 2.37. The standard InChI is InChI=1S/C27H22N2O2/c1-18-11-13-21(14-12-18)27(31)29-25(20-8-3-2-4-9-20)17-24(28-29)23-16-15-19-7-5-6-10-22(19)26(23)30/h2-16,25,30H,17H2,1H3/t25-/m0/s1. The quantitative estimate of drug-likeness (QED) is 0.464. The highest BCUT2D eigenvalue weighted by atomic mass is 16.3. The first-order valence-electron chi connectivity index (χ1n) is 10.4. The molecule has 1 amide bonds. The largest absolute Gasteiger partial charge is 0.507 e. The van der Waals surface area contributed by atoms with Crippen LogP contribution in [0.25, 0.3) is 10.8 Å². The molecule has 1 N–H and O–H groups in total. The number of amides is 1. The number of rotatable bonds is 3. The molecule has 0 aliphatic carbocycles. The van der Waals surface area contributed by atoms with E-state index < -0.39 is 0 Å². The number of phenols is 1. The fourth-order valence-corrected chi connectivity index (χ4v) is 4.11. The van der Waals surface area contributed by atoms with Crippen molar-refractivity contribution in [3.05, 3.63) is 113 Å². The van der Waals surface area contributed by atoms with E-state index in [9.17, 15) is 9.90 Å². The Kier molecular flexibility index (Phi) is 4.75. The van der Waals surface area contributed by atoms with Crippen LogP contribution in [-0.2, 0) is 0 Å². The molecule has 0 unspecified atom stereocenters. The van der Waals surface area contributed by atoms with Crippen molar-refractivity contribution in [1.82, 2.24) is 5.01 Å². The van der Waals surface area contributed by atoms with Crippen LogP contribution in [0.2, 0.25) is 0 Å². The van der Waals surface area contributed by atoms with Gasteiger partial charge in [0.25, 0.3) is 5.91 Å². The molecule has 1 aliphatic rings. The van der Waals surface area contributed by atoms with Crippen molar-refractivity contribution in [1.29, 1.82) is 0 Å². The highest BCUT2D eigenvalue weighted by Gasteiger charge is 2.34. The molecule has 0 bridgehead atoms. The summed E-state index contributed by atoms with van der Waals surface area (Å²) in [5.74, 6) is 0.0532. The van der Waals surface area contributed by atoms with Gasteiger partial charge in [-0.1, -0.05) is 78.4 Å². The first kappa shape index (κ1) is 19.1. The van der Waals surface area contributed by atoms with Crippen LogP contribution in [0.1, 0.15) is 39.5 Å². The Balaban J connectivity index is 1.59. The maximum absolute atomic E-state index is 13.4. The lowest BCUT2D eigenvalue weighted by Crippen LogP contribution is -2.27. The van der Waals surface area contributed by atoms with Gasteiger partial charge >= 0.3 is 0 Å². The Labute approximate surface area is 181 Å². The number of aryl methyl sites for hydroxylation is 1. The Morgan fingerprint density at radius 1 is 0.903 bits per heavy atom. The van der Waals surface area contributed by atoms with Crippen LogP contribution in [0.3, 0.4) is 0 Å². The van der Waals surface area contributed by atoms with E-state index in [1.165, 1.54) is 0 Å². The minimum absolute atomic E-state index is 0.149. The van der Waals surface area contributed by atoms with Crippen molar-refractivity contribution in [2.24, 2.45) is 5.10 Å². The first-order valence-corrected chi connectivity index (χ1v) is 10.4. The van der Waals surface area contributed by atoms with Gasteiger partial charge in [0.05, 0.1) is 11.8 Å². The third-order valence-electron chi connectivity index (χ3n) is 5.81. The van der Waals surface area contributed by atoms with Crippen LogP contribution in [0.5, 0.6) is 5.75 Å². The fraction of sp³-hybridized carbons (Fsp3) is 0.111. The van der Waals surface area contributed by atoms with Gasteiger partial charge in [0.15, 0.2) is 0 Å². The topological polar surface area (TPSA) is 52.9 Å². The van der Waals surface area contributed by atoms with Gasteiger partial charge in [0, 0.05) is 22.9 Å². The van der Waals surface area contributed by atoms with E-state index in [0.29, 0.717) is 23.3 Å². The van der Waals surface area contributed by atoms with Crippen molar-refractivity contribution >= 4 is 22.4 Å². The number of carbonyl (C=O) groups is 1. The van der Waals surface area contributed by atoms with E-state index in [4.69, 9.17) is 5.10 Å². The number of hydrazone groups is 1. The average Bonchev–Trinajstić information content (AvgIpc) is 3.25. The number of aromatic hydroxyl groups is 1. The molecule has 1 atom stereocenters. The Morgan fingerprint density at radius 2 is 1.61 bits per heavy atom. The molecule has 1 aliphatic heterocycles. The van der Waals surface area contributed by atoms with E-state index in [-0.39, 0.29) is 17.7 Å². The van der Waals surface area contributed by atoms with Crippen molar-refractivity contribution < 1.29 is 9.90 Å². The summed E-state index contributed by atoms with van der Waals surface area (Å²) in [5, 5.41) is 19.0. The minimum Gasteiger partial charge on any atom is -0.507 e. The van der Waals surface area contributed by atoms with Crippen LogP contribution in [0, 0.1) is 6.92 Å². The zero-order valence-electron chi connectivity index (χ0n) is 17.2. The van der Waals surface area contributed by atoms with Gasteiger partial charge in [-0.2, -0.15) is 5.10 Å². The molecule has 0 saturated carbocycles. The van der Waals surface area contributed by atoms with Gasteiger partial charge in [-0.15, -0.1) is 0 Å². The van der Waals surface area contributed by atoms with Gasteiger partial charge in [0.1, 0.15) is 5.75 Å². The molecule has 0 spiro atoms. The van der Waals surface area contributed by atoms with Crippen LogP contribution in [0.15, 0.2) is 96.1 Å². The van der Waals surface area contributed by atoms with Crippen molar-refractivity contribution in [3.63, 3.8) is 0 Å². The molecule has 0 aromatic heterocycles. The predicted octanol–water partition coefficient (Wildman–Crippen LogP) is 5.85. The molecule has 4 aromatic carbocycles. The van der Waals surface area contributed by atoms with Gasteiger partial charge in [-0.05, 0) is 36.1 Å². The lowest BCUT2D eigenvalue weighted by Gasteiger charge is -2.22. The molecular weight excluding hydrogens is 384 g/mol. The van der Waals surface area contributed by atoms with Crippen LogP contribution in [-0.4, -0.2) is 21.7 Å². The number of hydrogen-bond donors (Lipinski definition) is 1. The van der Waals surface area contributed by atoms with Gasteiger partial charge in [-0.25, -0.2) is 5.01 Å². The van der Waals surface area contributed by atoms with E-state index in [0.717, 1.165) is 21.9 Å². The SMILES string of the molecule is Cc1ccc(C(=O)N2N=C(c3ccc4ccccc4c3O)C[C@H]2c2ccccc2)cc1. The summed E-state index contributed by atoms with van der Waals surface area (Å²) in [7, 11) is 0. The minimum atomic E-state index is -0.226. The second kappa shape index (κ2) is 7.73. The second-order valence-corrected chi connectivity index (χ2v) is 7.88. The second-order valence-electron chi connectivity index (χ2n) is 7.88. The molecular formula is C27H22N2O2. The van der Waals surface area contributed by atoms with Crippen LogP contribution < -0.4 is 0 Å². The smallest absolute Gasteiger partial charge is 0.274 e. The zero-order chi connectivity index (χ0) is 21.4. The van der Waals surface area contributed by atoms with Crippen LogP contribution in [0.4, 0.5) is 0 Å². The normalized spacial score (nSPS) is 15.8. The van der Waals surface area contributed by atoms with Gasteiger partial charge < -0.3 is 5.11 Å². The maximum Gasteiger partial charge on any atom is 0.274 e. The summed E-state index contributed by atoms with van der Waals surface area (Å²) >= 11 is 0. The predicted molar refractivity (Wildman–Crippen MR) is 123 cm³/mol. The average molecular weight is 406 g/mol. The summed E-state index contributed by atoms with van der Waals surface area (Å²) in [6.45, 7) is 2.00. The molecule has 4 heteroatoms. The van der Waals surface area contributed by atoms with E-state index >= 15 is 0 Å². The third kappa shape index (κ3) is 3.46. The van der Waals surface area contributed by atoms with E-state index in [1.54, 1.807) is 5.01 Å². The molecule has 5 rings (SSSR count). The van der Waals surface area contributed by atoms with E-state index in [2.05, 4.69) is 0 Å². The number of hydrogen-bond acceptors (Lipinski definition) is 3. The fourth-order valence-electron chi connectivity index (χ4n) is 4.11. The summed E-state index contributed by atoms with van der Waals surface area (Å²) in [6.07, 6.45) is 0.535. The molecule has 152 valence electrons. The highest BCUT2D eigenvalue weighted by molar-refractivity contribution is 6.10. The Bertz CT molecular complexity index is 1290. The Hall–Kier alpha value is -3.92. The first-order chi connectivity index (χ1) is 15.1. The Morgan fingerprint density at radius 3 is 2.39 bits per heavy atom. The molecule has 31 heavy (non-hydrogen) atoms. The van der Waals surface area contributed by atoms with Crippen LogP contribution >= 0.6 is 0 Å². The zero-order valence-corrected chi connectivity index (χ0v) is 17.2. The lowest BCUT2D eigenvalue weighted by molar-refractivity contribution is 0.0711. The summed E-state index contributed by atoms with van der Waals surface area (Å²) in [5.41, 5.74) is 4.08. The lowest BCUT2D eigenvalue weighted by atomic mass is 9.96. The maximum atomic E-state index is 13.4. The number of carbonyl (C=O) groups excluding carboxylic acids is 1. The number of nitrogens with zero attached hydrogens (tertiary/aromatic N) is 2. The van der Waals surface area contributed by atoms with Crippen molar-refractivity contribution in [2.45, 2.75) is 19.4 Å². The third-order valence-corrected chi connectivity index (χ3v) is 5.81. The van der Waals surface area contributed by atoms with Crippen molar-refractivity contribution in [2.75, 3.05) is 0 Å². The number of fused-ring (bicyclic) bond motifs is 1. The van der Waals surface area contributed by atoms with E-state index in [1.807, 2.05) is 97.9 Å². The number of phenolic OH excluding ortho intramolecular Hbond substituents is 1. The summed E-state index contributed by atoms with van der Waals surface area (Å²) in [6, 6.07) is 28.8. The molecule has 0 saturated heterocycles. The summed E-state index contributed by atoms with van der Waals surface area (Å²) in [4.78, 5) is 13.4. The molecule has 4 aromatic rings.